The molecule has 12 heteroatoms. The summed E-state index contributed by atoms with van der Waals surface area (Å²) in [5.41, 5.74) is 1.10. The van der Waals surface area contributed by atoms with E-state index in [1.807, 2.05) is 0 Å². The van der Waals surface area contributed by atoms with E-state index >= 15 is 0 Å². The van der Waals surface area contributed by atoms with E-state index < -0.39 is 36.0 Å². The first-order valence-corrected chi connectivity index (χ1v) is 10.6. The van der Waals surface area contributed by atoms with Crippen molar-refractivity contribution in [1.82, 2.24) is 14.8 Å². The normalized spacial score (nSPS) is 17.8. The van der Waals surface area contributed by atoms with Crippen molar-refractivity contribution in [2.75, 3.05) is 26.3 Å². The van der Waals surface area contributed by atoms with Gasteiger partial charge in [0.2, 0.25) is 0 Å². The highest BCUT2D eigenvalue weighted by Crippen LogP contribution is 2.16. The van der Waals surface area contributed by atoms with Crippen LogP contribution >= 0.6 is 0 Å². The predicted molar refractivity (Wildman–Crippen MR) is 112 cm³/mol. The Morgan fingerprint density at radius 1 is 0.818 bits per heavy atom. The Labute approximate surface area is 190 Å². The van der Waals surface area contributed by atoms with Crippen LogP contribution in [-0.4, -0.2) is 97.5 Å². The fraction of sp³-hybridized carbons (Fsp3) is 0.571. The third-order valence-corrected chi connectivity index (χ3v) is 5.36. The number of carbonyl (C=O) groups is 4. The highest BCUT2D eigenvalue weighted by atomic mass is 16.5. The molecule has 0 radical (unpaired) electrons. The summed E-state index contributed by atoms with van der Waals surface area (Å²) in [5, 5.41) is 37.2. The fourth-order valence-corrected chi connectivity index (χ4v) is 3.72. The van der Waals surface area contributed by atoms with E-state index in [0.29, 0.717) is 11.4 Å². The Bertz CT molecular complexity index is 785. The largest absolute Gasteiger partial charge is 0.481 e. The van der Waals surface area contributed by atoms with Gasteiger partial charge in [0.15, 0.2) is 0 Å². The molecule has 0 saturated heterocycles. The second-order valence-corrected chi connectivity index (χ2v) is 7.75. The van der Waals surface area contributed by atoms with E-state index in [9.17, 15) is 29.4 Å². The molecular weight excluding hydrogens is 438 g/mol. The molecule has 0 fully saturated rings. The Morgan fingerprint density at radius 2 is 1.24 bits per heavy atom. The van der Waals surface area contributed by atoms with E-state index in [2.05, 4.69) is 4.98 Å². The average Bonchev–Trinajstić information content (AvgIpc) is 2.71. The molecule has 0 spiro atoms. The summed E-state index contributed by atoms with van der Waals surface area (Å²) in [5.74, 6) is -4.42. The minimum Gasteiger partial charge on any atom is -0.481 e. The molecule has 182 valence electrons. The molecule has 0 aliphatic carbocycles. The van der Waals surface area contributed by atoms with Crippen LogP contribution in [0.5, 0.6) is 0 Å². The molecule has 0 amide bonds. The molecule has 12 nitrogen and oxygen atoms in total. The number of fused-ring (bicyclic) bond motifs is 2. The SMILES string of the molecule is O=C(O)CCC(C(=O)O)N1CCOCCN(C(CCC(=O)O)C(=O)O)Cc2cccc(n2)C1. The minimum absolute atomic E-state index is 0.0675. The third kappa shape index (κ3) is 8.75. The monoisotopic (exact) mass is 467 g/mol. The summed E-state index contributed by atoms with van der Waals surface area (Å²) in [6, 6.07) is 3.10. The number of aliphatic carboxylic acids is 4. The van der Waals surface area contributed by atoms with Gasteiger partial charge in [-0.3, -0.25) is 34.0 Å². The lowest BCUT2D eigenvalue weighted by atomic mass is 10.1. The predicted octanol–water partition coefficient (Wildman–Crippen LogP) is 0.352. The lowest BCUT2D eigenvalue weighted by Gasteiger charge is -2.31. The molecule has 1 aromatic heterocycles. The molecule has 1 aromatic rings. The number of carboxylic acids is 4. The summed E-state index contributed by atoms with van der Waals surface area (Å²) in [6.07, 6.45) is -0.711. The lowest BCUT2D eigenvalue weighted by molar-refractivity contribution is -0.146. The van der Waals surface area contributed by atoms with Crippen LogP contribution in [0, 0.1) is 0 Å². The number of aromatic nitrogens is 1. The Balaban J connectivity index is 2.26. The van der Waals surface area contributed by atoms with Gasteiger partial charge < -0.3 is 25.2 Å². The van der Waals surface area contributed by atoms with Crippen LogP contribution in [0.3, 0.4) is 0 Å². The van der Waals surface area contributed by atoms with Crippen LogP contribution in [0.4, 0.5) is 0 Å². The lowest BCUT2D eigenvalue weighted by Crippen LogP contribution is -2.45. The number of nitrogens with zero attached hydrogens (tertiary/aromatic N) is 3. The Kier molecular flexibility index (Phi) is 10.2. The maximum atomic E-state index is 11.8. The van der Waals surface area contributed by atoms with Gasteiger partial charge in [-0.15, -0.1) is 0 Å². The second kappa shape index (κ2) is 12.8. The summed E-state index contributed by atoms with van der Waals surface area (Å²) >= 11 is 0. The van der Waals surface area contributed by atoms with Gasteiger partial charge in [-0.1, -0.05) is 6.07 Å². The van der Waals surface area contributed by atoms with Gasteiger partial charge in [-0.05, 0) is 25.0 Å². The number of hydrogen-bond donors (Lipinski definition) is 4. The highest BCUT2D eigenvalue weighted by Gasteiger charge is 2.29. The fourth-order valence-electron chi connectivity index (χ4n) is 3.72. The highest BCUT2D eigenvalue weighted by molar-refractivity contribution is 5.75. The van der Waals surface area contributed by atoms with Crippen LogP contribution in [-0.2, 0) is 37.0 Å². The standard InChI is InChI=1S/C21H29N3O9/c25-18(26)6-4-16(20(29)30)23-8-10-33-11-9-24(17(21(31)32)5-7-19(27)28)13-15-3-1-2-14(12-23)22-15/h1-3,16-17H,4-13H2,(H,25,26)(H,27,28)(H,29,30)(H,31,32). The zero-order chi connectivity index (χ0) is 24.4. The zero-order valence-electron chi connectivity index (χ0n) is 18.1. The maximum absolute atomic E-state index is 11.8. The molecule has 33 heavy (non-hydrogen) atoms. The smallest absolute Gasteiger partial charge is 0.320 e. The van der Waals surface area contributed by atoms with E-state index in [4.69, 9.17) is 14.9 Å². The number of pyridine rings is 1. The summed E-state index contributed by atoms with van der Waals surface area (Å²) in [4.78, 5) is 53.3. The van der Waals surface area contributed by atoms with Gasteiger partial charge in [0.1, 0.15) is 12.1 Å². The molecule has 0 saturated carbocycles. The third-order valence-electron chi connectivity index (χ3n) is 5.36. The summed E-state index contributed by atoms with van der Waals surface area (Å²) in [6.45, 7) is 1.02. The Hall–Kier alpha value is -3.09. The first-order chi connectivity index (χ1) is 15.7. The molecule has 2 atom stereocenters. The van der Waals surface area contributed by atoms with Gasteiger partial charge >= 0.3 is 23.9 Å². The van der Waals surface area contributed by atoms with Crippen LogP contribution in [0.15, 0.2) is 18.2 Å². The number of hydrogen-bond acceptors (Lipinski definition) is 8. The van der Waals surface area contributed by atoms with Gasteiger partial charge in [-0.25, -0.2) is 0 Å². The van der Waals surface area contributed by atoms with Crippen molar-refractivity contribution >= 4 is 23.9 Å². The molecule has 2 unspecified atom stereocenters. The van der Waals surface area contributed by atoms with Crippen molar-refractivity contribution in [1.29, 1.82) is 0 Å². The quantitative estimate of drug-likeness (QED) is 0.372. The van der Waals surface area contributed by atoms with Crippen LogP contribution < -0.4 is 0 Å². The van der Waals surface area contributed by atoms with Crippen molar-refractivity contribution in [3.63, 3.8) is 0 Å². The van der Waals surface area contributed by atoms with Crippen molar-refractivity contribution in [3.05, 3.63) is 29.6 Å². The molecule has 2 heterocycles. The van der Waals surface area contributed by atoms with E-state index in [-0.39, 0.29) is 65.1 Å². The van der Waals surface area contributed by atoms with Crippen molar-refractivity contribution in [2.45, 2.75) is 50.9 Å². The molecule has 0 aromatic carbocycles. The van der Waals surface area contributed by atoms with E-state index in [0.717, 1.165) is 0 Å². The molecule has 1 aliphatic rings. The van der Waals surface area contributed by atoms with Gasteiger partial charge in [0.25, 0.3) is 0 Å². The van der Waals surface area contributed by atoms with E-state index in [1.54, 1.807) is 28.0 Å². The minimum atomic E-state index is -1.13. The molecule has 4 N–H and O–H groups in total. The topological polar surface area (TPSA) is 178 Å². The second-order valence-electron chi connectivity index (χ2n) is 7.75. The first-order valence-electron chi connectivity index (χ1n) is 10.6. The van der Waals surface area contributed by atoms with Crippen molar-refractivity contribution in [2.24, 2.45) is 0 Å². The Morgan fingerprint density at radius 3 is 1.61 bits per heavy atom. The van der Waals surface area contributed by atoms with Gasteiger partial charge in [0.05, 0.1) is 24.6 Å². The molecule has 2 rings (SSSR count). The van der Waals surface area contributed by atoms with E-state index in [1.165, 1.54) is 0 Å². The maximum Gasteiger partial charge on any atom is 0.320 e. The number of ether oxygens (including phenoxy) is 1. The zero-order valence-corrected chi connectivity index (χ0v) is 18.1. The van der Waals surface area contributed by atoms with Crippen LogP contribution in [0.2, 0.25) is 0 Å². The van der Waals surface area contributed by atoms with Crippen molar-refractivity contribution < 1.29 is 44.3 Å². The number of rotatable bonds is 10. The molecule has 1 aliphatic heterocycles. The van der Waals surface area contributed by atoms with Gasteiger partial charge in [-0.2, -0.15) is 0 Å². The van der Waals surface area contributed by atoms with Gasteiger partial charge in [0, 0.05) is 39.0 Å². The number of carboxylic acid groups (broad SMARTS) is 4. The van der Waals surface area contributed by atoms with Crippen molar-refractivity contribution in [3.8, 4) is 0 Å². The average molecular weight is 467 g/mol. The molecule has 2 bridgehead atoms. The van der Waals surface area contributed by atoms with Crippen LogP contribution in [0.25, 0.3) is 0 Å². The summed E-state index contributed by atoms with van der Waals surface area (Å²) < 4.78 is 5.62. The molecular formula is C21H29N3O9. The summed E-state index contributed by atoms with van der Waals surface area (Å²) in [7, 11) is 0. The first kappa shape index (κ1) is 26.2. The van der Waals surface area contributed by atoms with Crippen LogP contribution in [0.1, 0.15) is 37.1 Å².